The largest absolute Gasteiger partial charge is 0.481 e. The van der Waals surface area contributed by atoms with Crippen LogP contribution in [0.1, 0.15) is 26.7 Å². The molecule has 0 aromatic heterocycles. The molecule has 3 heteroatoms. The summed E-state index contributed by atoms with van der Waals surface area (Å²) in [6.07, 6.45) is 1.52. The van der Waals surface area contributed by atoms with Crippen LogP contribution in [0, 0.1) is 5.41 Å². The third-order valence-corrected chi connectivity index (χ3v) is 2.88. The van der Waals surface area contributed by atoms with Gasteiger partial charge in [-0.05, 0) is 26.7 Å². The van der Waals surface area contributed by atoms with Crippen molar-refractivity contribution >= 4 is 5.97 Å². The predicted octanol–water partition coefficient (Wildman–Crippen LogP) is 0.589. The second-order valence-electron chi connectivity index (χ2n) is 3.55. The molecule has 0 amide bonds. The number of nitrogens with two attached hydrogens (primary N) is 1. The number of rotatable bonds is 1. The van der Waals surface area contributed by atoms with Crippen LogP contribution in [0.5, 0.6) is 0 Å². The maximum atomic E-state index is 10.6. The standard InChI is InChI=1S/C7H13NO2/c1-6(5(9)10)3-4-7(6,2)8/h3-4,8H2,1-2H3,(H,9,10)/t6-,7-/m1/s1. The Kier molecular flexibility index (Phi) is 1.30. The molecule has 1 rings (SSSR count). The normalized spacial score (nSPS) is 46.3. The molecular weight excluding hydrogens is 130 g/mol. The van der Waals surface area contributed by atoms with Crippen LogP contribution in [0.15, 0.2) is 0 Å². The molecule has 10 heavy (non-hydrogen) atoms. The van der Waals surface area contributed by atoms with Gasteiger partial charge in [0.25, 0.3) is 0 Å². The van der Waals surface area contributed by atoms with Gasteiger partial charge in [0, 0.05) is 5.54 Å². The van der Waals surface area contributed by atoms with Gasteiger partial charge in [-0.2, -0.15) is 0 Å². The molecule has 0 aliphatic heterocycles. The van der Waals surface area contributed by atoms with Crippen molar-refractivity contribution in [2.45, 2.75) is 32.2 Å². The van der Waals surface area contributed by atoms with E-state index < -0.39 is 16.9 Å². The van der Waals surface area contributed by atoms with Gasteiger partial charge >= 0.3 is 5.97 Å². The van der Waals surface area contributed by atoms with Gasteiger partial charge in [-0.3, -0.25) is 4.79 Å². The number of hydrogen-bond acceptors (Lipinski definition) is 2. The Hall–Kier alpha value is -0.570. The van der Waals surface area contributed by atoms with Crippen molar-refractivity contribution in [2.75, 3.05) is 0 Å². The Bertz CT molecular complexity index is 176. The molecule has 1 saturated carbocycles. The van der Waals surface area contributed by atoms with Crippen molar-refractivity contribution < 1.29 is 9.90 Å². The summed E-state index contributed by atoms with van der Waals surface area (Å²) in [7, 11) is 0. The molecule has 0 bridgehead atoms. The van der Waals surface area contributed by atoms with Gasteiger partial charge in [-0.15, -0.1) is 0 Å². The van der Waals surface area contributed by atoms with E-state index in [2.05, 4.69) is 0 Å². The number of aliphatic carboxylic acids is 1. The number of carboxylic acid groups (broad SMARTS) is 1. The van der Waals surface area contributed by atoms with Crippen LogP contribution in [0.2, 0.25) is 0 Å². The minimum atomic E-state index is -0.774. The van der Waals surface area contributed by atoms with Crippen molar-refractivity contribution in [3.05, 3.63) is 0 Å². The molecule has 58 valence electrons. The summed E-state index contributed by atoms with van der Waals surface area (Å²) in [5.41, 5.74) is 4.53. The second kappa shape index (κ2) is 1.72. The van der Waals surface area contributed by atoms with Gasteiger partial charge in [-0.1, -0.05) is 0 Å². The molecule has 2 atom stereocenters. The van der Waals surface area contributed by atoms with E-state index in [1.165, 1.54) is 0 Å². The van der Waals surface area contributed by atoms with E-state index in [4.69, 9.17) is 10.8 Å². The molecular formula is C7H13NO2. The summed E-state index contributed by atoms with van der Waals surface area (Å²) in [5, 5.41) is 8.75. The van der Waals surface area contributed by atoms with Gasteiger partial charge in [0.15, 0.2) is 0 Å². The maximum Gasteiger partial charge on any atom is 0.311 e. The Morgan fingerprint density at radius 1 is 1.50 bits per heavy atom. The van der Waals surface area contributed by atoms with E-state index in [1.54, 1.807) is 13.8 Å². The fraction of sp³-hybridized carbons (Fsp3) is 0.857. The zero-order chi connectivity index (χ0) is 7.99. The van der Waals surface area contributed by atoms with E-state index in [1.807, 2.05) is 0 Å². The highest BCUT2D eigenvalue weighted by atomic mass is 16.4. The van der Waals surface area contributed by atoms with Crippen LogP contribution < -0.4 is 5.73 Å². The fourth-order valence-electron chi connectivity index (χ4n) is 1.25. The topological polar surface area (TPSA) is 63.3 Å². The Morgan fingerprint density at radius 2 is 2.00 bits per heavy atom. The van der Waals surface area contributed by atoms with Crippen LogP contribution >= 0.6 is 0 Å². The minimum absolute atomic E-state index is 0.501. The lowest BCUT2D eigenvalue weighted by Crippen LogP contribution is -2.63. The van der Waals surface area contributed by atoms with Crippen LogP contribution in [0.4, 0.5) is 0 Å². The van der Waals surface area contributed by atoms with E-state index in [-0.39, 0.29) is 0 Å². The number of hydrogen-bond donors (Lipinski definition) is 2. The summed E-state index contributed by atoms with van der Waals surface area (Å²) in [6.45, 7) is 3.50. The van der Waals surface area contributed by atoms with Gasteiger partial charge in [0.05, 0.1) is 5.41 Å². The van der Waals surface area contributed by atoms with Crippen molar-refractivity contribution in [2.24, 2.45) is 11.1 Å². The third kappa shape index (κ3) is 0.669. The smallest absolute Gasteiger partial charge is 0.311 e. The second-order valence-corrected chi connectivity index (χ2v) is 3.55. The zero-order valence-corrected chi connectivity index (χ0v) is 6.35. The van der Waals surface area contributed by atoms with Crippen molar-refractivity contribution in [3.8, 4) is 0 Å². The maximum absolute atomic E-state index is 10.6. The predicted molar refractivity (Wildman–Crippen MR) is 37.6 cm³/mol. The molecule has 0 saturated heterocycles. The molecule has 0 unspecified atom stereocenters. The lowest BCUT2D eigenvalue weighted by molar-refractivity contribution is -0.160. The molecule has 0 aromatic rings. The molecule has 3 nitrogen and oxygen atoms in total. The van der Waals surface area contributed by atoms with Gasteiger partial charge < -0.3 is 10.8 Å². The van der Waals surface area contributed by atoms with Crippen molar-refractivity contribution in [1.29, 1.82) is 0 Å². The Morgan fingerprint density at radius 3 is 2.00 bits per heavy atom. The Balaban J connectivity index is 2.81. The van der Waals surface area contributed by atoms with Crippen LogP contribution in [0.25, 0.3) is 0 Å². The number of carbonyl (C=O) groups is 1. The molecule has 0 aromatic carbocycles. The van der Waals surface area contributed by atoms with Gasteiger partial charge in [0.1, 0.15) is 0 Å². The van der Waals surface area contributed by atoms with Gasteiger partial charge in [-0.25, -0.2) is 0 Å². The first-order chi connectivity index (χ1) is 4.40. The molecule has 1 aliphatic carbocycles. The average Bonchev–Trinajstić information content (AvgIpc) is 1.83. The van der Waals surface area contributed by atoms with E-state index in [0.29, 0.717) is 6.42 Å². The van der Waals surface area contributed by atoms with Crippen molar-refractivity contribution in [1.82, 2.24) is 0 Å². The lowest BCUT2D eigenvalue weighted by Gasteiger charge is -2.50. The molecule has 0 heterocycles. The van der Waals surface area contributed by atoms with Crippen molar-refractivity contribution in [3.63, 3.8) is 0 Å². The van der Waals surface area contributed by atoms with E-state index in [9.17, 15) is 4.79 Å². The molecule has 1 fully saturated rings. The summed E-state index contributed by atoms with van der Waals surface area (Å²) in [5.74, 6) is -0.774. The highest BCUT2D eigenvalue weighted by molar-refractivity contribution is 5.77. The lowest BCUT2D eigenvalue weighted by atomic mass is 9.57. The first-order valence-electron chi connectivity index (χ1n) is 3.42. The summed E-state index contributed by atoms with van der Waals surface area (Å²) < 4.78 is 0. The highest BCUT2D eigenvalue weighted by Crippen LogP contribution is 2.47. The van der Waals surface area contributed by atoms with E-state index >= 15 is 0 Å². The molecule has 1 aliphatic rings. The zero-order valence-electron chi connectivity index (χ0n) is 6.35. The van der Waals surface area contributed by atoms with Gasteiger partial charge in [0.2, 0.25) is 0 Å². The Labute approximate surface area is 60.2 Å². The molecule has 3 N–H and O–H groups in total. The minimum Gasteiger partial charge on any atom is -0.481 e. The quantitative estimate of drug-likeness (QED) is 0.564. The van der Waals surface area contributed by atoms with E-state index in [0.717, 1.165) is 6.42 Å². The van der Waals surface area contributed by atoms with Crippen LogP contribution in [-0.4, -0.2) is 16.6 Å². The average molecular weight is 143 g/mol. The van der Waals surface area contributed by atoms with Crippen LogP contribution in [0.3, 0.4) is 0 Å². The number of carboxylic acids is 1. The molecule has 0 radical (unpaired) electrons. The first-order valence-corrected chi connectivity index (χ1v) is 3.42. The van der Waals surface area contributed by atoms with Crippen LogP contribution in [-0.2, 0) is 4.79 Å². The first kappa shape index (κ1) is 7.54. The monoisotopic (exact) mass is 143 g/mol. The summed E-state index contributed by atoms with van der Waals surface area (Å²) in [6, 6.07) is 0. The fourth-order valence-corrected chi connectivity index (χ4v) is 1.25. The highest BCUT2D eigenvalue weighted by Gasteiger charge is 2.55. The summed E-state index contributed by atoms with van der Waals surface area (Å²) >= 11 is 0. The molecule has 0 spiro atoms. The summed E-state index contributed by atoms with van der Waals surface area (Å²) in [4.78, 5) is 10.6. The SMILES string of the molecule is C[C@@]1(N)CC[C@]1(C)C(=O)O. The third-order valence-electron chi connectivity index (χ3n) is 2.88.